The fraction of sp³-hybridized carbons (Fsp3) is 0.231. The maximum Gasteiger partial charge on any atom is 0.313 e. The number of imidazole rings is 1. The zero-order chi connectivity index (χ0) is 13.1. The molecule has 0 amide bonds. The smallest absolute Gasteiger partial charge is 0.313 e. The molecule has 18 heavy (non-hydrogen) atoms. The number of methoxy groups -OCH3 is 1. The summed E-state index contributed by atoms with van der Waals surface area (Å²) in [6, 6.07) is 6.06. The molecule has 0 saturated heterocycles. The number of aromatic nitrogens is 2. The van der Waals surface area contributed by atoms with Crippen LogP contribution in [-0.4, -0.2) is 23.0 Å². The first-order valence-electron chi connectivity index (χ1n) is 5.48. The number of ether oxygens (including phenoxy) is 1. The second kappa shape index (κ2) is 5.00. The lowest BCUT2D eigenvalue weighted by molar-refractivity contribution is -0.139. The topological polar surface area (TPSA) is 55.0 Å². The van der Waals surface area contributed by atoms with Crippen molar-refractivity contribution in [3.63, 3.8) is 0 Å². The number of carbonyl (C=O) groups is 1. The monoisotopic (exact) mass is 248 g/mol. The lowest BCUT2D eigenvalue weighted by Crippen LogP contribution is -2.05. The minimum atomic E-state index is -0.352. The highest BCUT2D eigenvalue weighted by molar-refractivity contribution is 5.72. The van der Waals surface area contributed by atoms with Crippen LogP contribution in [0.3, 0.4) is 0 Å². The molecule has 0 spiro atoms. The van der Waals surface area contributed by atoms with Gasteiger partial charge in [-0.25, -0.2) is 9.37 Å². The first-order chi connectivity index (χ1) is 8.60. The van der Waals surface area contributed by atoms with Crippen molar-refractivity contribution < 1.29 is 13.9 Å². The standard InChI is InChI=1S/C13H13FN2O2/c1-8-13(9-3-5-10(14)6-4-9)16-11(15-8)7-12(17)18-2/h3-6H,7H2,1-2H3,(H,15,16). The Morgan fingerprint density at radius 3 is 2.67 bits per heavy atom. The van der Waals surface area contributed by atoms with E-state index in [0.717, 1.165) is 11.3 Å². The number of aryl methyl sites for hydroxylation is 1. The fourth-order valence-electron chi connectivity index (χ4n) is 1.70. The van der Waals surface area contributed by atoms with Crippen LogP contribution < -0.4 is 0 Å². The van der Waals surface area contributed by atoms with Crippen molar-refractivity contribution in [3.8, 4) is 11.3 Å². The van der Waals surface area contributed by atoms with Crippen molar-refractivity contribution in [1.82, 2.24) is 9.97 Å². The molecule has 0 atom stereocenters. The van der Waals surface area contributed by atoms with Crippen molar-refractivity contribution in [1.29, 1.82) is 0 Å². The molecule has 0 aliphatic rings. The third kappa shape index (κ3) is 2.56. The molecule has 0 aliphatic carbocycles. The summed E-state index contributed by atoms with van der Waals surface area (Å²) < 4.78 is 17.4. The molecule has 2 aromatic rings. The number of H-pyrrole nitrogens is 1. The predicted octanol–water partition coefficient (Wildman–Crippen LogP) is 2.24. The van der Waals surface area contributed by atoms with Gasteiger partial charge in [0.1, 0.15) is 18.1 Å². The van der Waals surface area contributed by atoms with E-state index in [0.29, 0.717) is 11.5 Å². The maximum absolute atomic E-state index is 12.8. The van der Waals surface area contributed by atoms with E-state index in [1.54, 1.807) is 12.1 Å². The molecule has 1 N–H and O–H groups in total. The van der Waals surface area contributed by atoms with Crippen molar-refractivity contribution >= 4 is 5.97 Å². The number of halogens is 1. The summed E-state index contributed by atoms with van der Waals surface area (Å²) in [6.07, 6.45) is 0.0958. The quantitative estimate of drug-likeness (QED) is 0.847. The number of hydrogen-bond acceptors (Lipinski definition) is 3. The van der Waals surface area contributed by atoms with Gasteiger partial charge in [-0.1, -0.05) is 0 Å². The molecule has 0 radical (unpaired) electrons. The third-order valence-corrected chi connectivity index (χ3v) is 2.59. The van der Waals surface area contributed by atoms with Gasteiger partial charge in [-0.15, -0.1) is 0 Å². The molecule has 0 unspecified atom stereocenters. The predicted molar refractivity (Wildman–Crippen MR) is 64.4 cm³/mol. The van der Waals surface area contributed by atoms with E-state index >= 15 is 0 Å². The molecule has 94 valence electrons. The molecule has 5 heteroatoms. The molecule has 4 nitrogen and oxygen atoms in total. The van der Waals surface area contributed by atoms with Crippen molar-refractivity contribution in [2.24, 2.45) is 0 Å². The van der Waals surface area contributed by atoms with Gasteiger partial charge in [-0.2, -0.15) is 0 Å². The molecule has 1 aromatic heterocycles. The van der Waals surface area contributed by atoms with Crippen LogP contribution in [0.4, 0.5) is 4.39 Å². The van der Waals surface area contributed by atoms with E-state index in [9.17, 15) is 9.18 Å². The first-order valence-corrected chi connectivity index (χ1v) is 5.48. The number of hydrogen-bond donors (Lipinski definition) is 1. The Morgan fingerprint density at radius 2 is 2.06 bits per heavy atom. The van der Waals surface area contributed by atoms with Crippen LogP contribution in [0.1, 0.15) is 11.5 Å². The highest BCUT2D eigenvalue weighted by Crippen LogP contribution is 2.21. The van der Waals surface area contributed by atoms with Gasteiger partial charge in [0.05, 0.1) is 12.8 Å². The average Bonchev–Trinajstić information content (AvgIpc) is 2.71. The third-order valence-electron chi connectivity index (χ3n) is 2.59. The van der Waals surface area contributed by atoms with Gasteiger partial charge in [0, 0.05) is 11.3 Å². The fourth-order valence-corrected chi connectivity index (χ4v) is 1.70. The van der Waals surface area contributed by atoms with Crippen molar-refractivity contribution in [2.45, 2.75) is 13.3 Å². The summed E-state index contributed by atoms with van der Waals surface area (Å²) in [6.45, 7) is 1.85. The molecule has 0 saturated carbocycles. The summed E-state index contributed by atoms with van der Waals surface area (Å²) in [5, 5.41) is 0. The molecule has 1 aromatic carbocycles. The number of aromatic amines is 1. The minimum absolute atomic E-state index is 0.0958. The van der Waals surface area contributed by atoms with Crippen LogP contribution in [-0.2, 0) is 16.0 Å². The Bertz CT molecular complexity index is 561. The number of rotatable bonds is 3. The Morgan fingerprint density at radius 1 is 1.39 bits per heavy atom. The lowest BCUT2D eigenvalue weighted by Gasteiger charge is -1.97. The number of nitrogens with one attached hydrogen (secondary N) is 1. The summed E-state index contributed by atoms with van der Waals surface area (Å²) in [4.78, 5) is 18.5. The van der Waals surface area contributed by atoms with Crippen LogP contribution in [0.15, 0.2) is 24.3 Å². The van der Waals surface area contributed by atoms with E-state index in [-0.39, 0.29) is 18.2 Å². The first kappa shape index (κ1) is 12.3. The molecule has 2 rings (SSSR count). The molecule has 0 bridgehead atoms. The average molecular weight is 248 g/mol. The van der Waals surface area contributed by atoms with E-state index in [1.165, 1.54) is 19.2 Å². The van der Waals surface area contributed by atoms with Gasteiger partial charge in [0.15, 0.2) is 0 Å². The summed E-state index contributed by atoms with van der Waals surface area (Å²) in [5.74, 6) is -0.102. The van der Waals surface area contributed by atoms with Crippen LogP contribution in [0, 0.1) is 12.7 Å². The Balaban J connectivity index is 2.29. The largest absolute Gasteiger partial charge is 0.469 e. The minimum Gasteiger partial charge on any atom is -0.469 e. The zero-order valence-corrected chi connectivity index (χ0v) is 10.2. The Hall–Kier alpha value is -2.17. The maximum atomic E-state index is 12.8. The zero-order valence-electron chi connectivity index (χ0n) is 10.2. The highest BCUT2D eigenvalue weighted by Gasteiger charge is 2.12. The highest BCUT2D eigenvalue weighted by atomic mass is 19.1. The van der Waals surface area contributed by atoms with Crippen LogP contribution in [0.2, 0.25) is 0 Å². The van der Waals surface area contributed by atoms with Gasteiger partial charge in [-0.05, 0) is 31.2 Å². The van der Waals surface area contributed by atoms with Gasteiger partial charge in [-0.3, -0.25) is 4.79 Å². The van der Waals surface area contributed by atoms with Gasteiger partial charge >= 0.3 is 5.97 Å². The second-order valence-corrected chi connectivity index (χ2v) is 3.92. The van der Waals surface area contributed by atoms with Crippen LogP contribution in [0.5, 0.6) is 0 Å². The molecular weight excluding hydrogens is 235 g/mol. The lowest BCUT2D eigenvalue weighted by atomic mass is 10.1. The molecule has 1 heterocycles. The van der Waals surface area contributed by atoms with Crippen molar-refractivity contribution in [2.75, 3.05) is 7.11 Å². The van der Waals surface area contributed by atoms with Crippen molar-refractivity contribution in [3.05, 3.63) is 41.6 Å². The van der Waals surface area contributed by atoms with Gasteiger partial charge < -0.3 is 9.72 Å². The van der Waals surface area contributed by atoms with Crippen LogP contribution >= 0.6 is 0 Å². The van der Waals surface area contributed by atoms with Crippen LogP contribution in [0.25, 0.3) is 11.3 Å². The summed E-state index contributed by atoms with van der Waals surface area (Å²) in [7, 11) is 1.33. The number of nitrogens with zero attached hydrogens (tertiary/aromatic N) is 1. The summed E-state index contributed by atoms with van der Waals surface area (Å²) >= 11 is 0. The van der Waals surface area contributed by atoms with E-state index in [4.69, 9.17) is 0 Å². The van der Waals surface area contributed by atoms with Gasteiger partial charge in [0.25, 0.3) is 0 Å². The Kier molecular flexibility index (Phi) is 3.41. The summed E-state index contributed by atoms with van der Waals surface area (Å²) in [5.41, 5.74) is 2.36. The number of benzene rings is 1. The van der Waals surface area contributed by atoms with E-state index < -0.39 is 0 Å². The normalized spacial score (nSPS) is 10.4. The molecule has 0 aliphatic heterocycles. The van der Waals surface area contributed by atoms with Gasteiger partial charge in [0.2, 0.25) is 0 Å². The molecular formula is C13H13FN2O2. The number of esters is 1. The molecule has 0 fully saturated rings. The SMILES string of the molecule is COC(=O)Cc1nc(-c2ccc(F)cc2)c(C)[nH]1. The second-order valence-electron chi connectivity index (χ2n) is 3.92. The Labute approximate surface area is 104 Å². The number of carbonyl (C=O) groups excluding carboxylic acids is 1. The van der Waals surface area contributed by atoms with E-state index in [1.807, 2.05) is 6.92 Å². The van der Waals surface area contributed by atoms with E-state index in [2.05, 4.69) is 14.7 Å².